The molecule has 27 heavy (non-hydrogen) atoms. The van der Waals surface area contributed by atoms with Gasteiger partial charge in [0.25, 0.3) is 10.2 Å². The summed E-state index contributed by atoms with van der Waals surface area (Å²) in [5.74, 6) is -0.959. The molecule has 0 bridgehead atoms. The van der Waals surface area contributed by atoms with Crippen molar-refractivity contribution in [2.24, 2.45) is 0 Å². The second kappa shape index (κ2) is 7.95. The average molecular weight is 394 g/mol. The molecule has 0 unspecified atom stereocenters. The predicted octanol–water partition coefficient (Wildman–Crippen LogP) is 0.128. The van der Waals surface area contributed by atoms with Gasteiger partial charge in [0.1, 0.15) is 0 Å². The summed E-state index contributed by atoms with van der Waals surface area (Å²) in [5.41, 5.74) is 0.995. The maximum absolute atomic E-state index is 12.6. The first-order valence-electron chi connectivity index (χ1n) is 9.12. The summed E-state index contributed by atoms with van der Waals surface area (Å²) in [7, 11) is -0.415. The van der Waals surface area contributed by atoms with Gasteiger partial charge in [-0.3, -0.25) is 9.59 Å². The zero-order chi connectivity index (χ0) is 19.6. The molecule has 2 saturated heterocycles. The van der Waals surface area contributed by atoms with E-state index in [0.29, 0.717) is 45.6 Å². The Balaban J connectivity index is 1.59. The number of piperazine rings is 1. The molecule has 0 aliphatic carbocycles. The summed E-state index contributed by atoms with van der Waals surface area (Å²) >= 11 is 0. The van der Waals surface area contributed by atoms with Crippen molar-refractivity contribution in [3.05, 3.63) is 35.9 Å². The van der Waals surface area contributed by atoms with Crippen LogP contribution in [0.3, 0.4) is 0 Å². The van der Waals surface area contributed by atoms with E-state index in [-0.39, 0.29) is 6.04 Å². The minimum Gasteiger partial charge on any atom is -0.330 e. The highest BCUT2D eigenvalue weighted by Crippen LogP contribution is 2.22. The van der Waals surface area contributed by atoms with E-state index in [1.165, 1.54) is 22.7 Å². The standard InChI is InChI=1S/C18H26N4O4S/c1-19(2)27(25,26)21-10-8-16(9-11-21)22-13-12-20(17(23)18(22)24)14-15-6-4-3-5-7-15/h3-7,16H,8-14H2,1-2H3. The maximum Gasteiger partial charge on any atom is 0.312 e. The fourth-order valence-corrected chi connectivity index (χ4v) is 4.74. The lowest BCUT2D eigenvalue weighted by molar-refractivity contribution is -0.158. The fraction of sp³-hybridized carbons (Fsp3) is 0.556. The van der Waals surface area contributed by atoms with Gasteiger partial charge in [-0.25, -0.2) is 0 Å². The summed E-state index contributed by atoms with van der Waals surface area (Å²) in [5, 5.41) is 0. The van der Waals surface area contributed by atoms with E-state index in [0.717, 1.165) is 5.56 Å². The quantitative estimate of drug-likeness (QED) is 0.665. The summed E-state index contributed by atoms with van der Waals surface area (Å²) in [6.07, 6.45) is 1.09. The smallest absolute Gasteiger partial charge is 0.312 e. The first kappa shape index (κ1) is 19.8. The van der Waals surface area contributed by atoms with Crippen molar-refractivity contribution in [2.75, 3.05) is 40.3 Å². The van der Waals surface area contributed by atoms with Crippen molar-refractivity contribution in [1.82, 2.24) is 18.4 Å². The van der Waals surface area contributed by atoms with Gasteiger partial charge < -0.3 is 9.80 Å². The SMILES string of the molecule is CN(C)S(=O)(=O)N1CCC(N2CCN(Cc3ccccc3)C(=O)C2=O)CC1. The number of piperidine rings is 1. The molecule has 8 nitrogen and oxygen atoms in total. The Labute approximate surface area is 160 Å². The second-order valence-corrected chi connectivity index (χ2v) is 9.27. The molecule has 0 N–H and O–H groups in total. The molecule has 1 aromatic rings. The average Bonchev–Trinajstić information content (AvgIpc) is 2.66. The summed E-state index contributed by atoms with van der Waals surface area (Å²) in [6.45, 7) is 2.13. The molecule has 0 spiro atoms. The van der Waals surface area contributed by atoms with Crippen LogP contribution in [0.1, 0.15) is 18.4 Å². The monoisotopic (exact) mass is 394 g/mol. The maximum atomic E-state index is 12.6. The minimum absolute atomic E-state index is 0.0889. The van der Waals surface area contributed by atoms with Crippen LogP contribution in [-0.4, -0.2) is 85.0 Å². The molecule has 2 aliphatic rings. The number of carbonyl (C=O) groups is 2. The zero-order valence-corrected chi connectivity index (χ0v) is 16.6. The Hall–Kier alpha value is -1.97. The van der Waals surface area contributed by atoms with E-state index in [1.807, 2.05) is 30.3 Å². The van der Waals surface area contributed by atoms with Gasteiger partial charge in [0, 0.05) is 52.9 Å². The van der Waals surface area contributed by atoms with Crippen molar-refractivity contribution in [3.8, 4) is 0 Å². The van der Waals surface area contributed by atoms with Gasteiger partial charge in [0.2, 0.25) is 0 Å². The molecule has 2 heterocycles. The Kier molecular flexibility index (Phi) is 5.83. The van der Waals surface area contributed by atoms with E-state index < -0.39 is 22.0 Å². The van der Waals surface area contributed by atoms with Crippen LogP contribution in [0.2, 0.25) is 0 Å². The van der Waals surface area contributed by atoms with Gasteiger partial charge >= 0.3 is 11.8 Å². The molecular weight excluding hydrogens is 368 g/mol. The highest BCUT2D eigenvalue weighted by atomic mass is 32.2. The third-order valence-electron chi connectivity index (χ3n) is 5.21. The van der Waals surface area contributed by atoms with E-state index in [4.69, 9.17) is 0 Å². The van der Waals surface area contributed by atoms with Crippen molar-refractivity contribution < 1.29 is 18.0 Å². The Morgan fingerprint density at radius 3 is 2.19 bits per heavy atom. The number of amides is 2. The Morgan fingerprint density at radius 2 is 1.59 bits per heavy atom. The van der Waals surface area contributed by atoms with E-state index >= 15 is 0 Å². The van der Waals surface area contributed by atoms with Crippen molar-refractivity contribution in [2.45, 2.75) is 25.4 Å². The molecule has 0 aromatic heterocycles. The van der Waals surface area contributed by atoms with Crippen LogP contribution in [0, 0.1) is 0 Å². The minimum atomic E-state index is -3.43. The molecule has 0 atom stereocenters. The van der Waals surface area contributed by atoms with Crippen molar-refractivity contribution >= 4 is 22.0 Å². The van der Waals surface area contributed by atoms with Crippen LogP contribution in [0.4, 0.5) is 0 Å². The van der Waals surface area contributed by atoms with E-state index in [9.17, 15) is 18.0 Å². The summed E-state index contributed by atoms with van der Waals surface area (Å²) in [6, 6.07) is 9.52. The van der Waals surface area contributed by atoms with Gasteiger partial charge in [-0.05, 0) is 18.4 Å². The number of hydrogen-bond acceptors (Lipinski definition) is 4. The van der Waals surface area contributed by atoms with Crippen LogP contribution in [0.5, 0.6) is 0 Å². The lowest BCUT2D eigenvalue weighted by atomic mass is 10.0. The molecule has 3 rings (SSSR count). The van der Waals surface area contributed by atoms with Gasteiger partial charge in [-0.15, -0.1) is 0 Å². The van der Waals surface area contributed by atoms with Gasteiger partial charge in [-0.2, -0.15) is 17.0 Å². The van der Waals surface area contributed by atoms with Crippen molar-refractivity contribution in [3.63, 3.8) is 0 Å². The van der Waals surface area contributed by atoms with Crippen LogP contribution in [-0.2, 0) is 26.3 Å². The van der Waals surface area contributed by atoms with Gasteiger partial charge in [0.05, 0.1) is 0 Å². The number of carbonyl (C=O) groups excluding carboxylic acids is 2. The predicted molar refractivity (Wildman–Crippen MR) is 101 cm³/mol. The van der Waals surface area contributed by atoms with E-state index in [1.54, 1.807) is 9.80 Å². The third-order valence-corrected chi connectivity index (χ3v) is 7.15. The molecule has 9 heteroatoms. The van der Waals surface area contributed by atoms with Crippen LogP contribution >= 0.6 is 0 Å². The molecule has 2 fully saturated rings. The third kappa shape index (κ3) is 4.15. The second-order valence-electron chi connectivity index (χ2n) is 7.13. The number of nitrogens with zero attached hydrogens (tertiary/aromatic N) is 4. The summed E-state index contributed by atoms with van der Waals surface area (Å²) in [4.78, 5) is 28.3. The molecule has 148 valence electrons. The largest absolute Gasteiger partial charge is 0.330 e. The normalized spacial score (nSPS) is 20.6. The molecule has 0 radical (unpaired) electrons. The van der Waals surface area contributed by atoms with Crippen molar-refractivity contribution in [1.29, 1.82) is 0 Å². The first-order chi connectivity index (χ1) is 12.8. The van der Waals surface area contributed by atoms with Gasteiger partial charge in [-0.1, -0.05) is 30.3 Å². The molecule has 2 amide bonds. The lowest BCUT2D eigenvalue weighted by Crippen LogP contribution is -2.59. The highest BCUT2D eigenvalue weighted by Gasteiger charge is 2.39. The number of benzene rings is 1. The van der Waals surface area contributed by atoms with E-state index in [2.05, 4.69) is 0 Å². The lowest BCUT2D eigenvalue weighted by Gasteiger charge is -2.42. The van der Waals surface area contributed by atoms with Crippen LogP contribution in [0.25, 0.3) is 0 Å². The Morgan fingerprint density at radius 1 is 0.963 bits per heavy atom. The molecule has 0 saturated carbocycles. The first-order valence-corrected chi connectivity index (χ1v) is 10.5. The van der Waals surface area contributed by atoms with Gasteiger partial charge in [0.15, 0.2) is 0 Å². The Bertz CT molecular complexity index is 789. The summed E-state index contributed by atoms with van der Waals surface area (Å²) < 4.78 is 27.1. The molecule has 2 aliphatic heterocycles. The van der Waals surface area contributed by atoms with Crippen LogP contribution < -0.4 is 0 Å². The van der Waals surface area contributed by atoms with Crippen LogP contribution in [0.15, 0.2) is 30.3 Å². The zero-order valence-electron chi connectivity index (χ0n) is 15.7. The number of hydrogen-bond donors (Lipinski definition) is 0. The molecular formula is C18H26N4O4S. The number of rotatable bonds is 5. The topological polar surface area (TPSA) is 81.2 Å². The highest BCUT2D eigenvalue weighted by molar-refractivity contribution is 7.86. The molecule has 1 aromatic carbocycles. The fourth-order valence-electron chi connectivity index (χ4n) is 3.61.